The summed E-state index contributed by atoms with van der Waals surface area (Å²) >= 11 is 0. The second-order valence-corrected chi connectivity index (χ2v) is 6.20. The lowest BCUT2D eigenvalue weighted by molar-refractivity contribution is 0.0947. The van der Waals surface area contributed by atoms with Gasteiger partial charge in [-0.3, -0.25) is 4.79 Å². The smallest absolute Gasteiger partial charge is 0.349 e. The molecule has 1 N–H and O–H groups in total. The molecule has 0 fully saturated rings. The van der Waals surface area contributed by atoms with Gasteiger partial charge in [0, 0.05) is 25.2 Å². The summed E-state index contributed by atoms with van der Waals surface area (Å²) in [6, 6.07) is 8.46. The first-order chi connectivity index (χ1) is 12.9. The number of nitrogens with one attached hydrogen (secondary N) is 1. The molecule has 0 unspecified atom stereocenters. The molecule has 0 saturated heterocycles. The van der Waals surface area contributed by atoms with E-state index in [-0.39, 0.29) is 12.1 Å². The Kier molecular flexibility index (Phi) is 5.07. The molecule has 0 aliphatic carbocycles. The van der Waals surface area contributed by atoms with Crippen LogP contribution in [0.3, 0.4) is 0 Å². The zero-order valence-corrected chi connectivity index (χ0v) is 15.6. The van der Waals surface area contributed by atoms with Gasteiger partial charge in [0.05, 0.1) is 19.3 Å². The minimum Gasteiger partial charge on any atom is -0.493 e. The summed E-state index contributed by atoms with van der Waals surface area (Å²) in [5.74, 6) is 0.455. The number of aromatic nitrogens is 2. The number of carbonyl (C=O) groups is 1. The summed E-state index contributed by atoms with van der Waals surface area (Å²) in [6.07, 6.45) is 0. The molecule has 0 aliphatic heterocycles. The number of nitrogens with zero attached hydrogens (tertiary/aromatic N) is 3. The van der Waals surface area contributed by atoms with Crippen molar-refractivity contribution in [2.24, 2.45) is 0 Å². The summed E-state index contributed by atoms with van der Waals surface area (Å²) in [7, 11) is 5.17. The molecule has 1 aromatic carbocycles. The Hall–Kier alpha value is -3.42. The zero-order valence-electron chi connectivity index (χ0n) is 15.6. The molecule has 0 atom stereocenters. The molecule has 0 saturated carbocycles. The van der Waals surface area contributed by atoms with E-state index in [9.17, 15) is 9.59 Å². The Labute approximate surface area is 155 Å². The van der Waals surface area contributed by atoms with Gasteiger partial charge in [-0.15, -0.1) is 0 Å². The summed E-state index contributed by atoms with van der Waals surface area (Å²) in [5, 5.41) is 3.31. The molecule has 0 bridgehead atoms. The average molecular weight is 368 g/mol. The Balaban J connectivity index is 1.85. The number of benzene rings is 1. The molecular formula is C19H20N4O4. The van der Waals surface area contributed by atoms with E-state index in [0.29, 0.717) is 28.4 Å². The minimum atomic E-state index is -0.725. The van der Waals surface area contributed by atoms with E-state index >= 15 is 0 Å². The highest BCUT2D eigenvalue weighted by Gasteiger charge is 2.16. The van der Waals surface area contributed by atoms with E-state index in [4.69, 9.17) is 9.15 Å². The normalized spacial score (nSPS) is 10.7. The largest absolute Gasteiger partial charge is 0.493 e. The number of amides is 1. The molecule has 27 heavy (non-hydrogen) atoms. The fourth-order valence-electron chi connectivity index (χ4n) is 2.61. The molecule has 2 aromatic heterocycles. The van der Waals surface area contributed by atoms with Crippen LogP contribution in [0.25, 0.3) is 11.0 Å². The number of fused-ring (bicyclic) bond motifs is 1. The van der Waals surface area contributed by atoms with E-state index in [1.54, 1.807) is 29.2 Å². The van der Waals surface area contributed by atoms with Gasteiger partial charge in [0.1, 0.15) is 5.56 Å². The highest BCUT2D eigenvalue weighted by atomic mass is 16.5. The van der Waals surface area contributed by atoms with Crippen LogP contribution in [0.15, 0.2) is 39.5 Å². The molecular weight excluding hydrogens is 348 g/mol. The van der Waals surface area contributed by atoms with E-state index < -0.39 is 11.5 Å². The number of aryl methyl sites for hydroxylation is 1. The van der Waals surface area contributed by atoms with Crippen molar-refractivity contribution in [1.82, 2.24) is 15.3 Å². The van der Waals surface area contributed by atoms with Crippen molar-refractivity contribution in [2.45, 2.75) is 13.5 Å². The highest BCUT2D eigenvalue weighted by molar-refractivity contribution is 5.97. The monoisotopic (exact) mass is 368 g/mol. The second-order valence-electron chi connectivity index (χ2n) is 6.20. The third-order valence-electron chi connectivity index (χ3n) is 3.91. The highest BCUT2D eigenvalue weighted by Crippen LogP contribution is 2.24. The summed E-state index contributed by atoms with van der Waals surface area (Å²) in [6.45, 7) is 2.02. The van der Waals surface area contributed by atoms with Crippen LogP contribution in [0.1, 0.15) is 21.7 Å². The van der Waals surface area contributed by atoms with Crippen LogP contribution in [0.2, 0.25) is 0 Å². The van der Waals surface area contributed by atoms with Gasteiger partial charge < -0.3 is 19.4 Å². The molecule has 140 valence electrons. The van der Waals surface area contributed by atoms with Gasteiger partial charge in [-0.2, -0.15) is 0 Å². The molecule has 0 spiro atoms. The SMILES string of the molecule is COc1cccc2cc(C(=O)NCc3cc(C)nc(N(C)C)n3)c(=O)oc12. The first-order valence-electron chi connectivity index (χ1n) is 8.30. The van der Waals surface area contributed by atoms with Gasteiger partial charge >= 0.3 is 5.63 Å². The zero-order chi connectivity index (χ0) is 19.6. The average Bonchev–Trinajstić information content (AvgIpc) is 2.64. The van der Waals surface area contributed by atoms with Gasteiger partial charge in [0.25, 0.3) is 5.91 Å². The second kappa shape index (κ2) is 7.45. The molecule has 8 heteroatoms. The number of hydrogen-bond acceptors (Lipinski definition) is 7. The van der Waals surface area contributed by atoms with Crippen LogP contribution in [-0.4, -0.2) is 37.1 Å². The van der Waals surface area contributed by atoms with Gasteiger partial charge in [-0.05, 0) is 25.1 Å². The van der Waals surface area contributed by atoms with Crippen LogP contribution in [0.5, 0.6) is 5.75 Å². The fourth-order valence-corrected chi connectivity index (χ4v) is 2.61. The van der Waals surface area contributed by atoms with E-state index in [0.717, 1.165) is 5.69 Å². The molecule has 8 nitrogen and oxygen atoms in total. The van der Waals surface area contributed by atoms with Gasteiger partial charge in [0.2, 0.25) is 5.95 Å². The summed E-state index contributed by atoms with van der Waals surface area (Å²) < 4.78 is 10.5. The third kappa shape index (κ3) is 3.89. The van der Waals surface area contributed by atoms with Crippen molar-refractivity contribution in [3.05, 3.63) is 57.7 Å². The Morgan fingerprint density at radius 1 is 1.26 bits per heavy atom. The van der Waals surface area contributed by atoms with Crippen LogP contribution >= 0.6 is 0 Å². The number of methoxy groups -OCH3 is 1. The third-order valence-corrected chi connectivity index (χ3v) is 3.91. The molecule has 3 aromatic rings. The van der Waals surface area contributed by atoms with Crippen molar-refractivity contribution in [2.75, 3.05) is 26.1 Å². The van der Waals surface area contributed by atoms with Crippen LogP contribution in [0, 0.1) is 6.92 Å². The fraction of sp³-hybridized carbons (Fsp3) is 0.263. The quantitative estimate of drug-likeness (QED) is 0.687. The molecule has 1 amide bonds. The predicted molar refractivity (Wildman–Crippen MR) is 101 cm³/mol. The standard InChI is InChI=1S/C19H20N4O4/c1-11-8-13(22-19(21-11)23(2)3)10-20-17(24)14-9-12-6-5-7-15(26-4)16(12)27-18(14)25/h5-9H,10H2,1-4H3,(H,20,24). The maximum Gasteiger partial charge on any atom is 0.349 e. The number of para-hydroxylation sites is 1. The Bertz CT molecular complexity index is 1060. The van der Waals surface area contributed by atoms with Gasteiger partial charge in [-0.25, -0.2) is 14.8 Å². The summed E-state index contributed by atoms with van der Waals surface area (Å²) in [4.78, 5) is 35.2. The number of rotatable bonds is 5. The van der Waals surface area contributed by atoms with E-state index in [1.165, 1.54) is 13.2 Å². The Morgan fingerprint density at radius 3 is 2.74 bits per heavy atom. The Morgan fingerprint density at radius 2 is 2.04 bits per heavy atom. The van der Waals surface area contributed by atoms with Gasteiger partial charge in [-0.1, -0.05) is 12.1 Å². The topological polar surface area (TPSA) is 97.6 Å². The first kappa shape index (κ1) is 18.4. The van der Waals surface area contributed by atoms with Crippen LogP contribution in [0.4, 0.5) is 5.95 Å². The lowest BCUT2D eigenvalue weighted by Crippen LogP contribution is -2.28. The predicted octanol–water partition coefficient (Wildman–Crippen LogP) is 1.90. The van der Waals surface area contributed by atoms with E-state index in [1.807, 2.05) is 21.0 Å². The maximum absolute atomic E-state index is 12.5. The molecule has 0 aliphatic rings. The lowest BCUT2D eigenvalue weighted by atomic mass is 10.1. The lowest BCUT2D eigenvalue weighted by Gasteiger charge is -2.12. The number of hydrogen-bond donors (Lipinski definition) is 1. The van der Waals surface area contributed by atoms with Crippen molar-refractivity contribution in [3.8, 4) is 5.75 Å². The number of anilines is 1. The van der Waals surface area contributed by atoms with Crippen molar-refractivity contribution in [3.63, 3.8) is 0 Å². The van der Waals surface area contributed by atoms with Crippen molar-refractivity contribution in [1.29, 1.82) is 0 Å². The van der Waals surface area contributed by atoms with Crippen LogP contribution < -0.4 is 20.6 Å². The first-order valence-corrected chi connectivity index (χ1v) is 8.30. The number of ether oxygens (including phenoxy) is 1. The van der Waals surface area contributed by atoms with Crippen molar-refractivity contribution >= 4 is 22.8 Å². The summed E-state index contributed by atoms with van der Waals surface area (Å²) in [5.41, 5.74) is 0.942. The number of carbonyl (C=O) groups excluding carboxylic acids is 1. The molecule has 2 heterocycles. The minimum absolute atomic E-state index is 0.0747. The van der Waals surface area contributed by atoms with Crippen LogP contribution in [-0.2, 0) is 6.54 Å². The maximum atomic E-state index is 12.5. The van der Waals surface area contributed by atoms with E-state index in [2.05, 4.69) is 15.3 Å². The molecule has 0 radical (unpaired) electrons. The van der Waals surface area contributed by atoms with Gasteiger partial charge in [0.15, 0.2) is 11.3 Å². The van der Waals surface area contributed by atoms with Crippen molar-refractivity contribution < 1.29 is 13.9 Å². The molecule has 3 rings (SSSR count).